The Morgan fingerprint density at radius 1 is 0.833 bits per heavy atom. The van der Waals surface area contributed by atoms with E-state index in [1.54, 1.807) is 23.7 Å². The van der Waals surface area contributed by atoms with Crippen LogP contribution in [-0.2, 0) is 6.54 Å². The van der Waals surface area contributed by atoms with Gasteiger partial charge in [-0.05, 0) is 35.4 Å². The van der Waals surface area contributed by atoms with Crippen LogP contribution in [0.1, 0.15) is 5.56 Å². The van der Waals surface area contributed by atoms with Crippen LogP contribution in [0.2, 0.25) is 0 Å². The van der Waals surface area contributed by atoms with E-state index in [1.807, 2.05) is 42.7 Å². The Labute approximate surface area is 178 Å². The fraction of sp³-hybridized carbons (Fsp3) is 0.0833. The summed E-state index contributed by atoms with van der Waals surface area (Å²) in [6.07, 6.45) is 7.20. The Morgan fingerprint density at radius 2 is 1.63 bits per heavy atom. The second-order valence-electron chi connectivity index (χ2n) is 7.02. The molecule has 1 aromatic carbocycles. The number of pyridine rings is 2. The Morgan fingerprint density at radius 3 is 2.40 bits per heavy atom. The number of nitrogens with zero attached hydrogens (tertiary/aromatic N) is 5. The molecular weight excluding hydrogens is 390 g/mol. The van der Waals surface area contributed by atoms with Gasteiger partial charge in [-0.15, -0.1) is 11.3 Å². The van der Waals surface area contributed by atoms with Crippen molar-refractivity contribution in [2.24, 2.45) is 0 Å². The Kier molecular flexibility index (Phi) is 4.91. The second-order valence-corrected chi connectivity index (χ2v) is 7.88. The molecule has 0 radical (unpaired) electrons. The number of hydrogen-bond donors (Lipinski definition) is 0. The molecule has 0 bridgehead atoms. The highest BCUT2D eigenvalue weighted by atomic mass is 32.1. The van der Waals surface area contributed by atoms with Crippen LogP contribution in [0.3, 0.4) is 0 Å². The summed E-state index contributed by atoms with van der Waals surface area (Å²) in [4.78, 5) is 21.4. The normalized spacial score (nSPS) is 11.0. The molecule has 0 aliphatic heterocycles. The van der Waals surface area contributed by atoms with Crippen molar-refractivity contribution in [3.05, 3.63) is 90.3 Å². The SMILES string of the molecule is CN(Cc1ccncc1)c1nc(-c2cccnc2)nc2scc(-c3ccccc3)c12. The zero-order chi connectivity index (χ0) is 20.3. The van der Waals surface area contributed by atoms with Gasteiger partial charge in [-0.25, -0.2) is 9.97 Å². The smallest absolute Gasteiger partial charge is 0.164 e. The summed E-state index contributed by atoms with van der Waals surface area (Å²) in [6, 6.07) is 18.4. The van der Waals surface area contributed by atoms with Crippen LogP contribution in [0.5, 0.6) is 0 Å². The van der Waals surface area contributed by atoms with Crippen molar-refractivity contribution in [2.75, 3.05) is 11.9 Å². The molecule has 4 heterocycles. The second kappa shape index (κ2) is 8.00. The lowest BCUT2D eigenvalue weighted by Crippen LogP contribution is -2.18. The maximum absolute atomic E-state index is 4.99. The molecule has 0 unspecified atom stereocenters. The van der Waals surface area contributed by atoms with Crippen molar-refractivity contribution in [3.8, 4) is 22.5 Å². The Bertz CT molecular complexity index is 1270. The van der Waals surface area contributed by atoms with Crippen LogP contribution in [-0.4, -0.2) is 27.0 Å². The van der Waals surface area contributed by atoms with Gasteiger partial charge in [0.1, 0.15) is 10.6 Å². The summed E-state index contributed by atoms with van der Waals surface area (Å²) in [6.45, 7) is 0.727. The maximum Gasteiger partial charge on any atom is 0.164 e. The monoisotopic (exact) mass is 409 g/mol. The van der Waals surface area contributed by atoms with Crippen LogP contribution in [0.4, 0.5) is 5.82 Å². The molecular formula is C24H19N5S. The van der Waals surface area contributed by atoms with Crippen molar-refractivity contribution < 1.29 is 0 Å². The molecule has 0 N–H and O–H groups in total. The fourth-order valence-corrected chi connectivity index (χ4v) is 4.43. The van der Waals surface area contributed by atoms with Crippen LogP contribution in [0, 0.1) is 0 Å². The van der Waals surface area contributed by atoms with E-state index in [0.29, 0.717) is 5.82 Å². The summed E-state index contributed by atoms with van der Waals surface area (Å²) in [5, 5.41) is 3.25. The molecule has 0 spiro atoms. The van der Waals surface area contributed by atoms with Crippen LogP contribution < -0.4 is 4.90 Å². The fourth-order valence-electron chi connectivity index (χ4n) is 3.49. The third kappa shape index (κ3) is 3.53. The van der Waals surface area contributed by atoms with E-state index in [2.05, 4.69) is 51.6 Å². The molecule has 0 atom stereocenters. The first-order valence-electron chi connectivity index (χ1n) is 9.65. The summed E-state index contributed by atoms with van der Waals surface area (Å²) in [5.74, 6) is 1.60. The van der Waals surface area contributed by atoms with Gasteiger partial charge in [0.25, 0.3) is 0 Å². The van der Waals surface area contributed by atoms with E-state index in [-0.39, 0.29) is 0 Å². The average Bonchev–Trinajstić information content (AvgIpc) is 3.24. The van der Waals surface area contributed by atoms with Gasteiger partial charge < -0.3 is 4.90 Å². The first-order valence-corrected chi connectivity index (χ1v) is 10.5. The molecule has 30 heavy (non-hydrogen) atoms. The average molecular weight is 410 g/mol. The third-order valence-corrected chi connectivity index (χ3v) is 5.82. The number of fused-ring (bicyclic) bond motifs is 1. The van der Waals surface area contributed by atoms with Gasteiger partial charge in [0.2, 0.25) is 0 Å². The minimum atomic E-state index is 0.689. The van der Waals surface area contributed by atoms with E-state index in [4.69, 9.17) is 9.97 Å². The maximum atomic E-state index is 4.99. The highest BCUT2D eigenvalue weighted by Gasteiger charge is 2.19. The van der Waals surface area contributed by atoms with Gasteiger partial charge in [-0.3, -0.25) is 9.97 Å². The van der Waals surface area contributed by atoms with Crippen molar-refractivity contribution in [2.45, 2.75) is 6.54 Å². The summed E-state index contributed by atoms with van der Waals surface area (Å²) < 4.78 is 0. The zero-order valence-electron chi connectivity index (χ0n) is 16.4. The van der Waals surface area contributed by atoms with E-state index < -0.39 is 0 Å². The Hall–Kier alpha value is -3.64. The predicted octanol–water partition coefficient (Wildman–Crippen LogP) is 5.45. The zero-order valence-corrected chi connectivity index (χ0v) is 17.3. The van der Waals surface area contributed by atoms with Gasteiger partial charge in [0, 0.05) is 54.9 Å². The number of rotatable bonds is 5. The lowest BCUT2D eigenvalue weighted by Gasteiger charge is -2.20. The van der Waals surface area contributed by atoms with Crippen molar-refractivity contribution in [1.29, 1.82) is 0 Å². The van der Waals surface area contributed by atoms with Gasteiger partial charge in [0.15, 0.2) is 5.82 Å². The highest BCUT2D eigenvalue weighted by molar-refractivity contribution is 7.17. The van der Waals surface area contributed by atoms with Gasteiger partial charge in [-0.2, -0.15) is 0 Å². The minimum Gasteiger partial charge on any atom is -0.355 e. The number of benzene rings is 1. The lowest BCUT2D eigenvalue weighted by atomic mass is 10.1. The largest absolute Gasteiger partial charge is 0.355 e. The van der Waals surface area contributed by atoms with Crippen LogP contribution in [0.15, 0.2) is 84.8 Å². The van der Waals surface area contributed by atoms with Gasteiger partial charge in [-0.1, -0.05) is 30.3 Å². The first kappa shape index (κ1) is 18.4. The van der Waals surface area contributed by atoms with Crippen molar-refractivity contribution >= 4 is 27.4 Å². The summed E-state index contributed by atoms with van der Waals surface area (Å²) in [7, 11) is 2.07. The molecule has 0 aliphatic carbocycles. The Balaban J connectivity index is 1.69. The number of anilines is 1. The van der Waals surface area contributed by atoms with Gasteiger partial charge in [0.05, 0.1) is 5.39 Å². The number of thiophene rings is 1. The number of aromatic nitrogens is 4. The summed E-state index contributed by atoms with van der Waals surface area (Å²) in [5.41, 5.74) is 4.41. The molecule has 146 valence electrons. The number of hydrogen-bond acceptors (Lipinski definition) is 6. The van der Waals surface area contributed by atoms with E-state index in [9.17, 15) is 0 Å². The topological polar surface area (TPSA) is 54.8 Å². The molecule has 0 aliphatic rings. The lowest BCUT2D eigenvalue weighted by molar-refractivity contribution is 0.899. The molecule has 5 rings (SSSR count). The predicted molar refractivity (Wildman–Crippen MR) is 122 cm³/mol. The minimum absolute atomic E-state index is 0.689. The molecule has 0 saturated carbocycles. The van der Waals surface area contributed by atoms with E-state index in [1.165, 1.54) is 11.1 Å². The molecule has 5 nitrogen and oxygen atoms in total. The van der Waals surface area contributed by atoms with Crippen LogP contribution >= 0.6 is 11.3 Å². The first-order chi connectivity index (χ1) is 14.8. The standard InChI is InChI=1S/C24H19N5S/c1-29(15-17-9-12-25-13-10-17)23-21-20(18-6-3-2-4-7-18)16-30-24(21)28-22(27-23)19-8-5-11-26-14-19/h2-14,16H,15H2,1H3. The molecule has 0 fully saturated rings. The summed E-state index contributed by atoms with van der Waals surface area (Å²) >= 11 is 1.65. The molecule has 5 aromatic rings. The van der Waals surface area contributed by atoms with Crippen LogP contribution in [0.25, 0.3) is 32.7 Å². The van der Waals surface area contributed by atoms with E-state index >= 15 is 0 Å². The quantitative estimate of drug-likeness (QED) is 0.386. The molecule has 6 heteroatoms. The molecule has 0 saturated heterocycles. The van der Waals surface area contributed by atoms with Gasteiger partial charge >= 0.3 is 0 Å². The molecule has 0 amide bonds. The third-order valence-electron chi connectivity index (χ3n) is 4.95. The van der Waals surface area contributed by atoms with Crippen molar-refractivity contribution in [3.63, 3.8) is 0 Å². The highest BCUT2D eigenvalue weighted by Crippen LogP contribution is 2.39. The van der Waals surface area contributed by atoms with E-state index in [0.717, 1.165) is 33.7 Å². The molecule has 4 aromatic heterocycles. The van der Waals surface area contributed by atoms with Crippen molar-refractivity contribution in [1.82, 2.24) is 19.9 Å².